The molecule has 1 N–H and O–H groups in total. The van der Waals surface area contributed by atoms with Gasteiger partial charge in [0.05, 0.1) is 6.54 Å². The molecule has 1 aromatic rings. The van der Waals surface area contributed by atoms with Crippen LogP contribution in [0.25, 0.3) is 0 Å². The Morgan fingerprint density at radius 1 is 1.43 bits per heavy atom. The summed E-state index contributed by atoms with van der Waals surface area (Å²) >= 11 is 0. The van der Waals surface area contributed by atoms with Crippen molar-refractivity contribution in [1.82, 2.24) is 4.90 Å². The van der Waals surface area contributed by atoms with E-state index in [1.54, 1.807) is 6.07 Å². The predicted molar refractivity (Wildman–Crippen MR) is 55.9 cm³/mol. The fourth-order valence-corrected chi connectivity index (χ4v) is 1.87. The highest BCUT2D eigenvalue weighted by molar-refractivity contribution is 5.36. The molecule has 0 bridgehead atoms. The van der Waals surface area contributed by atoms with Gasteiger partial charge in [-0.15, -0.1) is 6.42 Å². The number of phenolic OH excluding ortho intramolecular Hbond substituents is 1. The lowest BCUT2D eigenvalue weighted by Crippen LogP contribution is -2.30. The fourth-order valence-electron chi connectivity index (χ4n) is 1.87. The fraction of sp³-hybridized carbons (Fsp3) is 0.333. The van der Waals surface area contributed by atoms with E-state index in [2.05, 4.69) is 10.8 Å². The molecule has 2 heteroatoms. The lowest BCUT2D eigenvalue weighted by Gasteiger charge is -2.26. The molecule has 14 heavy (non-hydrogen) atoms. The third kappa shape index (κ3) is 1.73. The van der Waals surface area contributed by atoms with Gasteiger partial charge in [0.25, 0.3) is 0 Å². The van der Waals surface area contributed by atoms with E-state index in [0.29, 0.717) is 12.3 Å². The molecule has 1 aromatic carbocycles. The van der Waals surface area contributed by atoms with Gasteiger partial charge in [-0.3, -0.25) is 4.90 Å². The first-order valence-electron chi connectivity index (χ1n) is 4.76. The molecule has 1 heterocycles. The standard InChI is InChI=1S/C12H13NO/c1-2-6-13-7-5-10-3-4-12(14)8-11(10)9-13/h1,3-4,8,14H,5-7,9H2. The van der Waals surface area contributed by atoms with E-state index in [1.807, 2.05) is 12.1 Å². The van der Waals surface area contributed by atoms with Crippen molar-refractivity contribution in [3.8, 4) is 18.1 Å². The number of terminal acetylenes is 1. The smallest absolute Gasteiger partial charge is 0.115 e. The summed E-state index contributed by atoms with van der Waals surface area (Å²) in [5.41, 5.74) is 2.53. The molecule has 0 fully saturated rings. The van der Waals surface area contributed by atoms with Crippen LogP contribution in [0.15, 0.2) is 18.2 Å². The van der Waals surface area contributed by atoms with Crippen LogP contribution in [-0.2, 0) is 13.0 Å². The van der Waals surface area contributed by atoms with Crippen LogP contribution in [0, 0.1) is 12.3 Å². The Morgan fingerprint density at radius 2 is 2.29 bits per heavy atom. The van der Waals surface area contributed by atoms with Crippen molar-refractivity contribution >= 4 is 0 Å². The molecule has 0 spiro atoms. The summed E-state index contributed by atoms with van der Waals surface area (Å²) in [6, 6.07) is 5.57. The SMILES string of the molecule is C#CCN1CCc2ccc(O)cc2C1. The van der Waals surface area contributed by atoms with Crippen LogP contribution in [0.4, 0.5) is 0 Å². The Morgan fingerprint density at radius 3 is 3.07 bits per heavy atom. The van der Waals surface area contributed by atoms with Gasteiger partial charge in [0.15, 0.2) is 0 Å². The maximum atomic E-state index is 9.35. The van der Waals surface area contributed by atoms with Crippen LogP contribution < -0.4 is 0 Å². The zero-order chi connectivity index (χ0) is 9.97. The van der Waals surface area contributed by atoms with Crippen molar-refractivity contribution in [3.05, 3.63) is 29.3 Å². The van der Waals surface area contributed by atoms with Gasteiger partial charge in [-0.1, -0.05) is 12.0 Å². The second-order valence-electron chi connectivity index (χ2n) is 3.62. The lowest BCUT2D eigenvalue weighted by molar-refractivity contribution is 0.285. The van der Waals surface area contributed by atoms with Crippen molar-refractivity contribution in [3.63, 3.8) is 0 Å². The minimum Gasteiger partial charge on any atom is -0.508 e. The molecule has 2 rings (SSSR count). The highest BCUT2D eigenvalue weighted by Crippen LogP contribution is 2.22. The normalized spacial score (nSPS) is 15.9. The third-order valence-electron chi connectivity index (χ3n) is 2.60. The summed E-state index contributed by atoms with van der Waals surface area (Å²) in [5, 5.41) is 9.35. The molecule has 0 aromatic heterocycles. The molecule has 1 aliphatic rings. The molecule has 0 saturated carbocycles. The zero-order valence-electron chi connectivity index (χ0n) is 8.03. The highest BCUT2D eigenvalue weighted by Gasteiger charge is 2.15. The predicted octanol–water partition coefficient (Wildman–Crippen LogP) is 1.38. The van der Waals surface area contributed by atoms with Crippen molar-refractivity contribution in [2.45, 2.75) is 13.0 Å². The van der Waals surface area contributed by atoms with Gasteiger partial charge in [-0.05, 0) is 29.7 Å². The summed E-state index contributed by atoms with van der Waals surface area (Å²) < 4.78 is 0. The summed E-state index contributed by atoms with van der Waals surface area (Å²) in [6.07, 6.45) is 6.29. The maximum absolute atomic E-state index is 9.35. The van der Waals surface area contributed by atoms with E-state index < -0.39 is 0 Å². The van der Waals surface area contributed by atoms with Crippen LogP contribution in [0.1, 0.15) is 11.1 Å². The lowest BCUT2D eigenvalue weighted by atomic mass is 9.99. The van der Waals surface area contributed by atoms with Crippen LogP contribution in [0.5, 0.6) is 5.75 Å². The van der Waals surface area contributed by atoms with Gasteiger partial charge in [0.2, 0.25) is 0 Å². The number of nitrogens with zero attached hydrogens (tertiary/aromatic N) is 1. The number of hydrogen-bond acceptors (Lipinski definition) is 2. The molecule has 0 saturated heterocycles. The molecule has 0 unspecified atom stereocenters. The molecule has 2 nitrogen and oxygen atoms in total. The van der Waals surface area contributed by atoms with Gasteiger partial charge in [0.1, 0.15) is 5.75 Å². The maximum Gasteiger partial charge on any atom is 0.115 e. The van der Waals surface area contributed by atoms with Gasteiger partial charge >= 0.3 is 0 Å². The third-order valence-corrected chi connectivity index (χ3v) is 2.60. The average Bonchev–Trinajstić information content (AvgIpc) is 2.17. The van der Waals surface area contributed by atoms with Crippen LogP contribution in [0.3, 0.4) is 0 Å². The summed E-state index contributed by atoms with van der Waals surface area (Å²) in [5.74, 6) is 2.99. The monoisotopic (exact) mass is 187 g/mol. The first-order valence-corrected chi connectivity index (χ1v) is 4.76. The first-order chi connectivity index (χ1) is 6.79. The Bertz CT molecular complexity index is 378. The number of hydrogen-bond donors (Lipinski definition) is 1. The van der Waals surface area contributed by atoms with Crippen molar-refractivity contribution in [2.24, 2.45) is 0 Å². The number of phenols is 1. The quantitative estimate of drug-likeness (QED) is 0.671. The second kappa shape index (κ2) is 3.73. The van der Waals surface area contributed by atoms with Crippen molar-refractivity contribution in [1.29, 1.82) is 0 Å². The Labute approximate surface area is 84.2 Å². The molecule has 72 valence electrons. The number of fused-ring (bicyclic) bond motifs is 1. The topological polar surface area (TPSA) is 23.5 Å². The van der Waals surface area contributed by atoms with Crippen molar-refractivity contribution < 1.29 is 5.11 Å². The van der Waals surface area contributed by atoms with E-state index in [9.17, 15) is 5.11 Å². The summed E-state index contributed by atoms with van der Waals surface area (Å²) in [4.78, 5) is 2.21. The molecular formula is C12H13NO. The zero-order valence-corrected chi connectivity index (χ0v) is 8.03. The molecular weight excluding hydrogens is 174 g/mol. The summed E-state index contributed by atoms with van der Waals surface area (Å²) in [7, 11) is 0. The van der Waals surface area contributed by atoms with Gasteiger partial charge in [-0.2, -0.15) is 0 Å². The average molecular weight is 187 g/mol. The number of rotatable bonds is 1. The molecule has 0 aliphatic carbocycles. The highest BCUT2D eigenvalue weighted by atomic mass is 16.3. The van der Waals surface area contributed by atoms with E-state index >= 15 is 0 Å². The van der Waals surface area contributed by atoms with Gasteiger partial charge in [-0.25, -0.2) is 0 Å². The van der Waals surface area contributed by atoms with Crippen LogP contribution >= 0.6 is 0 Å². The van der Waals surface area contributed by atoms with E-state index in [-0.39, 0.29) is 0 Å². The Kier molecular flexibility index (Phi) is 2.43. The van der Waals surface area contributed by atoms with Gasteiger partial charge < -0.3 is 5.11 Å². The minimum atomic E-state index is 0.339. The van der Waals surface area contributed by atoms with E-state index in [4.69, 9.17) is 6.42 Å². The Hall–Kier alpha value is -1.46. The Balaban J connectivity index is 2.21. The largest absolute Gasteiger partial charge is 0.508 e. The van der Waals surface area contributed by atoms with E-state index in [0.717, 1.165) is 19.5 Å². The first kappa shape index (κ1) is 9.11. The molecule has 0 radical (unpaired) electrons. The minimum absolute atomic E-state index is 0.339. The number of benzene rings is 1. The van der Waals surface area contributed by atoms with Crippen molar-refractivity contribution in [2.75, 3.05) is 13.1 Å². The van der Waals surface area contributed by atoms with Crippen LogP contribution in [0.2, 0.25) is 0 Å². The van der Waals surface area contributed by atoms with E-state index in [1.165, 1.54) is 11.1 Å². The van der Waals surface area contributed by atoms with Gasteiger partial charge in [0, 0.05) is 13.1 Å². The molecule has 1 aliphatic heterocycles. The molecule has 0 amide bonds. The molecule has 0 atom stereocenters. The van der Waals surface area contributed by atoms with Crippen LogP contribution in [-0.4, -0.2) is 23.1 Å². The second-order valence-corrected chi connectivity index (χ2v) is 3.62. The summed E-state index contributed by atoms with van der Waals surface area (Å²) in [6.45, 7) is 2.56. The number of aromatic hydroxyl groups is 1.